The number of benzene rings is 1. The fourth-order valence-corrected chi connectivity index (χ4v) is 2.02. The SMILES string of the molecule is C#Cc1csc(-c2cccc(C(=O)O)c2)n1. The highest BCUT2D eigenvalue weighted by molar-refractivity contribution is 7.13. The van der Waals surface area contributed by atoms with Crippen molar-refractivity contribution in [2.24, 2.45) is 0 Å². The monoisotopic (exact) mass is 229 g/mol. The highest BCUT2D eigenvalue weighted by Crippen LogP contribution is 2.24. The van der Waals surface area contributed by atoms with Gasteiger partial charge < -0.3 is 5.11 Å². The van der Waals surface area contributed by atoms with Gasteiger partial charge in [0.1, 0.15) is 10.7 Å². The minimum Gasteiger partial charge on any atom is -0.478 e. The number of carboxylic acids is 1. The smallest absolute Gasteiger partial charge is 0.335 e. The minimum atomic E-state index is -0.949. The summed E-state index contributed by atoms with van der Waals surface area (Å²) in [6.45, 7) is 0. The van der Waals surface area contributed by atoms with Crippen molar-refractivity contribution < 1.29 is 9.90 Å². The second-order valence-electron chi connectivity index (χ2n) is 3.07. The number of rotatable bonds is 2. The molecule has 0 atom stereocenters. The van der Waals surface area contributed by atoms with Crippen LogP contribution in [-0.4, -0.2) is 16.1 Å². The molecular formula is C12H7NO2S. The van der Waals surface area contributed by atoms with Crippen LogP contribution in [0, 0.1) is 12.3 Å². The van der Waals surface area contributed by atoms with E-state index in [0.29, 0.717) is 5.69 Å². The van der Waals surface area contributed by atoms with Gasteiger partial charge in [0.05, 0.1) is 5.56 Å². The van der Waals surface area contributed by atoms with Gasteiger partial charge in [0.25, 0.3) is 0 Å². The second-order valence-corrected chi connectivity index (χ2v) is 3.93. The normalized spacial score (nSPS) is 9.69. The van der Waals surface area contributed by atoms with Crippen molar-refractivity contribution >= 4 is 17.3 Å². The molecule has 0 aliphatic carbocycles. The summed E-state index contributed by atoms with van der Waals surface area (Å²) < 4.78 is 0. The molecule has 0 aliphatic rings. The van der Waals surface area contributed by atoms with E-state index in [1.807, 2.05) is 6.07 Å². The first-order chi connectivity index (χ1) is 7.70. The van der Waals surface area contributed by atoms with Gasteiger partial charge in [-0.05, 0) is 18.1 Å². The van der Waals surface area contributed by atoms with E-state index in [-0.39, 0.29) is 5.56 Å². The first-order valence-electron chi connectivity index (χ1n) is 4.46. The molecule has 2 rings (SSSR count). The maximum absolute atomic E-state index is 10.8. The van der Waals surface area contributed by atoms with Crippen LogP contribution in [0.5, 0.6) is 0 Å². The van der Waals surface area contributed by atoms with Crippen LogP contribution in [-0.2, 0) is 0 Å². The standard InChI is InChI=1S/C12H7NO2S/c1-2-10-7-16-11(13-10)8-4-3-5-9(6-8)12(14)15/h1,3-7H,(H,14,15). The zero-order valence-corrected chi connectivity index (χ0v) is 8.99. The van der Waals surface area contributed by atoms with Crippen molar-refractivity contribution in [3.05, 3.63) is 40.9 Å². The van der Waals surface area contributed by atoms with Gasteiger partial charge >= 0.3 is 5.97 Å². The van der Waals surface area contributed by atoms with Gasteiger partial charge in [0.2, 0.25) is 0 Å². The molecule has 3 nitrogen and oxygen atoms in total. The Hall–Kier alpha value is -2.12. The van der Waals surface area contributed by atoms with Crippen molar-refractivity contribution in [2.45, 2.75) is 0 Å². The lowest BCUT2D eigenvalue weighted by Crippen LogP contribution is -1.95. The highest BCUT2D eigenvalue weighted by atomic mass is 32.1. The van der Waals surface area contributed by atoms with Gasteiger partial charge in [0.15, 0.2) is 0 Å². The first kappa shape index (κ1) is 10.4. The Morgan fingerprint density at radius 2 is 2.31 bits per heavy atom. The Balaban J connectivity index is 2.44. The summed E-state index contributed by atoms with van der Waals surface area (Å²) >= 11 is 1.40. The lowest BCUT2D eigenvalue weighted by molar-refractivity contribution is 0.0697. The predicted octanol–water partition coefficient (Wildman–Crippen LogP) is 2.49. The third-order valence-electron chi connectivity index (χ3n) is 2.01. The Labute approximate surface area is 96.4 Å². The largest absolute Gasteiger partial charge is 0.478 e. The van der Waals surface area contributed by atoms with Crippen molar-refractivity contribution in [3.63, 3.8) is 0 Å². The Morgan fingerprint density at radius 1 is 1.50 bits per heavy atom. The average molecular weight is 229 g/mol. The van der Waals surface area contributed by atoms with Crippen LogP contribution in [0.3, 0.4) is 0 Å². The summed E-state index contributed by atoms with van der Waals surface area (Å²) in [5.41, 5.74) is 1.59. The van der Waals surface area contributed by atoms with Crippen LogP contribution in [0.25, 0.3) is 10.6 Å². The Kier molecular flexibility index (Phi) is 2.71. The summed E-state index contributed by atoms with van der Waals surface area (Å²) in [7, 11) is 0. The molecule has 0 amide bonds. The van der Waals surface area contributed by atoms with Crippen LogP contribution in [0.2, 0.25) is 0 Å². The molecule has 0 spiro atoms. The fraction of sp³-hybridized carbons (Fsp3) is 0. The summed E-state index contributed by atoms with van der Waals surface area (Å²) in [4.78, 5) is 15.0. The number of thiazole rings is 1. The summed E-state index contributed by atoms with van der Waals surface area (Å²) in [6.07, 6.45) is 5.22. The number of carbonyl (C=O) groups is 1. The number of aromatic carboxylic acids is 1. The van der Waals surface area contributed by atoms with Crippen LogP contribution < -0.4 is 0 Å². The summed E-state index contributed by atoms with van der Waals surface area (Å²) in [5.74, 6) is 1.49. The molecule has 0 unspecified atom stereocenters. The van der Waals surface area contributed by atoms with Crippen molar-refractivity contribution in [3.8, 4) is 22.9 Å². The van der Waals surface area contributed by atoms with E-state index in [9.17, 15) is 4.79 Å². The summed E-state index contributed by atoms with van der Waals surface area (Å²) in [6, 6.07) is 6.63. The molecule has 0 aliphatic heterocycles. The van der Waals surface area contributed by atoms with Crippen LogP contribution in [0.15, 0.2) is 29.6 Å². The number of nitrogens with zero attached hydrogens (tertiary/aromatic N) is 1. The third kappa shape index (κ3) is 1.95. The summed E-state index contributed by atoms with van der Waals surface area (Å²) in [5, 5.41) is 11.4. The topological polar surface area (TPSA) is 50.2 Å². The second kappa shape index (κ2) is 4.17. The Morgan fingerprint density at radius 3 is 2.94 bits per heavy atom. The van der Waals surface area contributed by atoms with Gasteiger partial charge in [-0.1, -0.05) is 12.1 Å². The molecule has 1 N–H and O–H groups in total. The average Bonchev–Trinajstić information content (AvgIpc) is 2.77. The molecule has 1 aromatic carbocycles. The quantitative estimate of drug-likeness (QED) is 0.805. The molecule has 1 heterocycles. The van der Waals surface area contributed by atoms with Crippen molar-refractivity contribution in [1.82, 2.24) is 4.98 Å². The number of terminal acetylenes is 1. The molecule has 78 valence electrons. The first-order valence-corrected chi connectivity index (χ1v) is 5.34. The van der Waals surface area contributed by atoms with Crippen molar-refractivity contribution in [2.75, 3.05) is 0 Å². The molecular weight excluding hydrogens is 222 g/mol. The maximum atomic E-state index is 10.8. The van der Waals surface area contributed by atoms with E-state index in [0.717, 1.165) is 10.6 Å². The van der Waals surface area contributed by atoms with Gasteiger partial charge in [-0.25, -0.2) is 9.78 Å². The van der Waals surface area contributed by atoms with E-state index >= 15 is 0 Å². The van der Waals surface area contributed by atoms with E-state index < -0.39 is 5.97 Å². The third-order valence-corrected chi connectivity index (χ3v) is 2.90. The maximum Gasteiger partial charge on any atom is 0.335 e. The van der Waals surface area contributed by atoms with Gasteiger partial charge in [-0.3, -0.25) is 0 Å². The van der Waals surface area contributed by atoms with Gasteiger partial charge in [-0.15, -0.1) is 17.8 Å². The van der Waals surface area contributed by atoms with E-state index in [4.69, 9.17) is 11.5 Å². The lowest BCUT2D eigenvalue weighted by atomic mass is 10.1. The molecule has 0 saturated heterocycles. The van der Waals surface area contributed by atoms with Crippen LogP contribution in [0.1, 0.15) is 16.1 Å². The van der Waals surface area contributed by atoms with Crippen molar-refractivity contribution in [1.29, 1.82) is 0 Å². The van der Waals surface area contributed by atoms with Gasteiger partial charge in [0, 0.05) is 10.9 Å². The Bertz CT molecular complexity index is 581. The molecule has 0 radical (unpaired) electrons. The number of hydrogen-bond donors (Lipinski definition) is 1. The predicted molar refractivity (Wildman–Crippen MR) is 62.4 cm³/mol. The molecule has 16 heavy (non-hydrogen) atoms. The van der Waals surface area contributed by atoms with E-state index in [2.05, 4.69) is 10.9 Å². The number of carboxylic acid groups (broad SMARTS) is 1. The van der Waals surface area contributed by atoms with Gasteiger partial charge in [-0.2, -0.15) is 0 Å². The number of aromatic nitrogens is 1. The lowest BCUT2D eigenvalue weighted by Gasteiger charge is -1.97. The molecule has 2 aromatic rings. The molecule has 0 bridgehead atoms. The zero-order valence-electron chi connectivity index (χ0n) is 8.18. The fourth-order valence-electron chi connectivity index (χ4n) is 1.26. The van der Waals surface area contributed by atoms with E-state index in [1.54, 1.807) is 23.6 Å². The number of hydrogen-bond acceptors (Lipinski definition) is 3. The zero-order chi connectivity index (χ0) is 11.5. The molecule has 1 aromatic heterocycles. The van der Waals surface area contributed by atoms with Crippen LogP contribution in [0.4, 0.5) is 0 Å². The molecule has 0 fully saturated rings. The van der Waals surface area contributed by atoms with Crippen LogP contribution >= 0.6 is 11.3 Å². The molecule has 0 saturated carbocycles. The minimum absolute atomic E-state index is 0.245. The highest BCUT2D eigenvalue weighted by Gasteiger charge is 2.07. The molecule has 4 heteroatoms. The van der Waals surface area contributed by atoms with E-state index in [1.165, 1.54) is 11.3 Å².